The van der Waals surface area contributed by atoms with Gasteiger partial charge >= 0.3 is 0 Å². The maximum atomic E-state index is 13.0. The summed E-state index contributed by atoms with van der Waals surface area (Å²) < 4.78 is 6.83. The first kappa shape index (κ1) is 20.6. The van der Waals surface area contributed by atoms with Crippen LogP contribution in [0.1, 0.15) is 39.7 Å². The number of carbonyl (C=O) groups is 1. The summed E-state index contributed by atoms with van der Waals surface area (Å²) in [6.45, 7) is 4.33. The van der Waals surface area contributed by atoms with E-state index < -0.39 is 0 Å². The Bertz CT molecular complexity index is 1130. The van der Waals surface area contributed by atoms with Crippen LogP contribution in [0, 0.1) is 6.92 Å². The van der Waals surface area contributed by atoms with Crippen molar-refractivity contribution in [2.24, 2.45) is 7.05 Å². The van der Waals surface area contributed by atoms with Crippen LogP contribution >= 0.6 is 11.3 Å². The first-order valence-corrected chi connectivity index (χ1v) is 10.9. The third kappa shape index (κ3) is 3.85. The monoisotopic (exact) mass is 426 g/mol. The molecule has 1 unspecified atom stereocenters. The lowest BCUT2D eigenvalue weighted by Gasteiger charge is -2.28. The van der Waals surface area contributed by atoms with Crippen molar-refractivity contribution in [1.82, 2.24) is 19.8 Å². The molecular formula is C22H26N4O3S. The van der Waals surface area contributed by atoms with Gasteiger partial charge in [0.05, 0.1) is 29.7 Å². The second kappa shape index (κ2) is 8.57. The summed E-state index contributed by atoms with van der Waals surface area (Å²) in [4.78, 5) is 33.3. The van der Waals surface area contributed by atoms with Gasteiger partial charge in [0.15, 0.2) is 0 Å². The number of ether oxygens (including phenoxy) is 1. The highest BCUT2D eigenvalue weighted by atomic mass is 32.1. The molecule has 0 spiro atoms. The first-order chi connectivity index (χ1) is 14.5. The first-order valence-electron chi connectivity index (χ1n) is 10.1. The number of aromatic nitrogens is 2. The van der Waals surface area contributed by atoms with Crippen LogP contribution in [0.3, 0.4) is 0 Å². The Balaban J connectivity index is 1.58. The molecule has 1 fully saturated rings. The Morgan fingerprint density at radius 1 is 1.33 bits per heavy atom. The molecule has 1 N–H and O–H groups in total. The van der Waals surface area contributed by atoms with Crippen LogP contribution in [-0.4, -0.2) is 47.1 Å². The Morgan fingerprint density at radius 3 is 2.83 bits per heavy atom. The molecule has 3 aromatic rings. The zero-order valence-electron chi connectivity index (χ0n) is 17.5. The van der Waals surface area contributed by atoms with Crippen molar-refractivity contribution in [3.05, 3.63) is 57.0 Å². The summed E-state index contributed by atoms with van der Waals surface area (Å²) in [7, 11) is 3.33. The van der Waals surface area contributed by atoms with E-state index >= 15 is 0 Å². The van der Waals surface area contributed by atoms with Crippen molar-refractivity contribution in [2.75, 3.05) is 26.7 Å². The molecule has 0 saturated carbocycles. The lowest BCUT2D eigenvalue weighted by Crippen LogP contribution is -2.36. The van der Waals surface area contributed by atoms with Gasteiger partial charge in [0.25, 0.3) is 11.5 Å². The van der Waals surface area contributed by atoms with E-state index in [1.165, 1.54) is 35.1 Å². The van der Waals surface area contributed by atoms with Gasteiger partial charge in [-0.1, -0.05) is 12.1 Å². The van der Waals surface area contributed by atoms with E-state index in [0.29, 0.717) is 27.2 Å². The van der Waals surface area contributed by atoms with Gasteiger partial charge in [0.2, 0.25) is 0 Å². The molecular weight excluding hydrogens is 400 g/mol. The molecule has 0 bridgehead atoms. The summed E-state index contributed by atoms with van der Waals surface area (Å²) in [6.07, 6.45) is 3.83. The number of aryl methyl sites for hydroxylation is 2. The third-order valence-corrected chi connectivity index (χ3v) is 6.93. The molecule has 1 atom stereocenters. The van der Waals surface area contributed by atoms with Gasteiger partial charge in [-0.25, -0.2) is 4.98 Å². The summed E-state index contributed by atoms with van der Waals surface area (Å²) in [5, 5.41) is 3.63. The van der Waals surface area contributed by atoms with Crippen molar-refractivity contribution < 1.29 is 9.53 Å². The normalized spacial score (nSPS) is 15.4. The minimum Gasteiger partial charge on any atom is -0.497 e. The minimum atomic E-state index is -0.162. The Hall–Kier alpha value is -2.71. The average Bonchev–Trinajstić information content (AvgIpc) is 3.39. The number of fused-ring (bicyclic) bond motifs is 1. The fourth-order valence-corrected chi connectivity index (χ4v) is 5.11. The molecule has 1 aromatic carbocycles. The van der Waals surface area contributed by atoms with Crippen molar-refractivity contribution in [2.45, 2.75) is 25.8 Å². The maximum absolute atomic E-state index is 13.0. The van der Waals surface area contributed by atoms with Crippen molar-refractivity contribution in [3.8, 4) is 5.75 Å². The Morgan fingerprint density at radius 2 is 2.10 bits per heavy atom. The SMILES string of the molecule is COc1cccc(C(CNC(=O)c2sc3ncn(C)c(=O)c3c2C)N2CCCC2)c1. The summed E-state index contributed by atoms with van der Waals surface area (Å²) in [5.74, 6) is 0.648. The molecule has 7 nitrogen and oxygen atoms in total. The van der Waals surface area contributed by atoms with E-state index in [1.54, 1.807) is 14.2 Å². The number of likely N-dealkylation sites (tertiary alicyclic amines) is 1. The summed E-state index contributed by atoms with van der Waals surface area (Å²) >= 11 is 1.27. The van der Waals surface area contributed by atoms with Gasteiger partial charge in [0.1, 0.15) is 10.6 Å². The number of amides is 1. The lowest BCUT2D eigenvalue weighted by atomic mass is 10.0. The van der Waals surface area contributed by atoms with Gasteiger partial charge in [-0.3, -0.25) is 14.5 Å². The predicted molar refractivity (Wildman–Crippen MR) is 118 cm³/mol. The third-order valence-electron chi connectivity index (χ3n) is 5.73. The number of carbonyl (C=O) groups excluding carboxylic acids is 1. The van der Waals surface area contributed by atoms with E-state index in [9.17, 15) is 9.59 Å². The molecule has 1 aliphatic heterocycles. The molecule has 0 radical (unpaired) electrons. The van der Waals surface area contributed by atoms with Crippen LogP contribution in [0.15, 0.2) is 35.4 Å². The van der Waals surface area contributed by atoms with Crippen LogP contribution in [0.25, 0.3) is 10.2 Å². The van der Waals surface area contributed by atoms with E-state index in [-0.39, 0.29) is 17.5 Å². The number of benzene rings is 1. The molecule has 8 heteroatoms. The maximum Gasteiger partial charge on any atom is 0.262 e. The van der Waals surface area contributed by atoms with Crippen LogP contribution in [0.5, 0.6) is 5.75 Å². The van der Waals surface area contributed by atoms with E-state index in [0.717, 1.165) is 24.4 Å². The minimum absolute atomic E-state index is 0.0761. The molecule has 0 aliphatic carbocycles. The number of nitrogens with zero attached hydrogens (tertiary/aromatic N) is 3. The molecule has 4 rings (SSSR count). The predicted octanol–water partition coefficient (Wildman–Crippen LogP) is 2.88. The molecule has 2 aromatic heterocycles. The lowest BCUT2D eigenvalue weighted by molar-refractivity contribution is 0.0941. The van der Waals surface area contributed by atoms with Gasteiger partial charge in [-0.15, -0.1) is 11.3 Å². The number of nitrogens with one attached hydrogen (secondary N) is 1. The molecule has 1 saturated heterocycles. The number of hydrogen-bond donors (Lipinski definition) is 1. The van der Waals surface area contributed by atoms with Crippen molar-refractivity contribution in [3.63, 3.8) is 0 Å². The topological polar surface area (TPSA) is 76.5 Å². The fraction of sp³-hybridized carbons (Fsp3) is 0.409. The average molecular weight is 427 g/mol. The highest BCUT2D eigenvalue weighted by Crippen LogP contribution is 2.29. The summed E-state index contributed by atoms with van der Waals surface area (Å²) in [6, 6.07) is 8.10. The zero-order chi connectivity index (χ0) is 21.3. The van der Waals surface area contributed by atoms with E-state index in [1.807, 2.05) is 25.1 Å². The van der Waals surface area contributed by atoms with Crippen LogP contribution in [0.2, 0.25) is 0 Å². The van der Waals surface area contributed by atoms with Gasteiger partial charge < -0.3 is 14.6 Å². The highest BCUT2D eigenvalue weighted by Gasteiger charge is 2.26. The van der Waals surface area contributed by atoms with Crippen LogP contribution < -0.4 is 15.6 Å². The smallest absolute Gasteiger partial charge is 0.262 e. The zero-order valence-corrected chi connectivity index (χ0v) is 18.3. The second-order valence-corrected chi connectivity index (χ2v) is 8.64. The quantitative estimate of drug-likeness (QED) is 0.656. The standard InChI is InChI=1S/C22H26N4O3S/c1-14-18-21(24-13-25(2)22(18)28)30-19(14)20(27)23-12-17(26-9-4-5-10-26)15-7-6-8-16(11-15)29-3/h6-8,11,13,17H,4-5,9-10,12H2,1-3H3,(H,23,27). The van der Waals surface area contributed by atoms with E-state index in [4.69, 9.17) is 4.74 Å². The van der Waals surface area contributed by atoms with Crippen molar-refractivity contribution in [1.29, 1.82) is 0 Å². The Kier molecular flexibility index (Phi) is 5.87. The van der Waals surface area contributed by atoms with Crippen LogP contribution in [-0.2, 0) is 7.05 Å². The van der Waals surface area contributed by atoms with Crippen molar-refractivity contribution >= 4 is 27.5 Å². The molecule has 30 heavy (non-hydrogen) atoms. The molecule has 1 aliphatic rings. The molecule has 1 amide bonds. The van der Waals surface area contributed by atoms with Gasteiger partial charge in [0, 0.05) is 13.6 Å². The molecule has 158 valence electrons. The number of thiophene rings is 1. The highest BCUT2D eigenvalue weighted by molar-refractivity contribution is 7.20. The summed E-state index contributed by atoms with van der Waals surface area (Å²) in [5.41, 5.74) is 1.69. The van der Waals surface area contributed by atoms with Gasteiger partial charge in [-0.05, 0) is 56.1 Å². The number of rotatable bonds is 6. The number of methoxy groups -OCH3 is 1. The Labute approximate surface area is 179 Å². The van der Waals surface area contributed by atoms with Crippen LogP contribution in [0.4, 0.5) is 0 Å². The van der Waals surface area contributed by atoms with Gasteiger partial charge in [-0.2, -0.15) is 0 Å². The largest absolute Gasteiger partial charge is 0.497 e. The van der Waals surface area contributed by atoms with E-state index in [2.05, 4.69) is 21.3 Å². The fourth-order valence-electron chi connectivity index (χ4n) is 4.05. The number of hydrogen-bond acceptors (Lipinski definition) is 6. The molecule has 3 heterocycles. The second-order valence-electron chi connectivity index (χ2n) is 7.64.